The number of ether oxygens (including phenoxy) is 2. The molecule has 0 N–H and O–H groups in total. The van der Waals surface area contributed by atoms with Gasteiger partial charge < -0.3 is 14.4 Å². The summed E-state index contributed by atoms with van der Waals surface area (Å²) >= 11 is 5.87. The molecule has 148 valence electrons. The van der Waals surface area contributed by atoms with E-state index in [1.54, 1.807) is 29.2 Å². The zero-order chi connectivity index (χ0) is 19.9. The lowest BCUT2D eigenvalue weighted by Crippen LogP contribution is -2.40. The summed E-state index contributed by atoms with van der Waals surface area (Å²) in [6.07, 6.45) is 1.22. The molecule has 28 heavy (non-hydrogen) atoms. The summed E-state index contributed by atoms with van der Waals surface area (Å²) < 4.78 is 11.0. The lowest BCUT2D eigenvalue weighted by Gasteiger charge is -2.31. The third kappa shape index (κ3) is 5.26. The SMILES string of the molecule is Cc1ccccc1OCCOC(=O)C1CCN(C(=O)c2ccc(Cl)cc2)CC1. The molecule has 0 aromatic heterocycles. The van der Waals surface area contributed by atoms with Crippen LogP contribution >= 0.6 is 11.6 Å². The zero-order valence-corrected chi connectivity index (χ0v) is 16.7. The van der Waals surface area contributed by atoms with Crippen molar-refractivity contribution in [3.63, 3.8) is 0 Å². The minimum absolute atomic E-state index is 0.0323. The van der Waals surface area contributed by atoms with E-state index in [-0.39, 0.29) is 24.4 Å². The number of aryl methyl sites for hydroxylation is 1. The molecule has 1 saturated heterocycles. The van der Waals surface area contributed by atoms with Crippen LogP contribution in [0.2, 0.25) is 5.02 Å². The number of amides is 1. The number of hydrogen-bond donors (Lipinski definition) is 0. The van der Waals surface area contributed by atoms with Crippen molar-refractivity contribution in [2.45, 2.75) is 19.8 Å². The fourth-order valence-electron chi connectivity index (χ4n) is 3.22. The van der Waals surface area contributed by atoms with E-state index in [0.717, 1.165) is 11.3 Å². The van der Waals surface area contributed by atoms with Crippen LogP contribution in [-0.2, 0) is 9.53 Å². The Morgan fingerprint density at radius 2 is 1.71 bits per heavy atom. The Balaban J connectivity index is 1.39. The van der Waals surface area contributed by atoms with Gasteiger partial charge in [0.1, 0.15) is 19.0 Å². The van der Waals surface area contributed by atoms with Crippen molar-refractivity contribution >= 4 is 23.5 Å². The van der Waals surface area contributed by atoms with Crippen LogP contribution in [0.15, 0.2) is 48.5 Å². The lowest BCUT2D eigenvalue weighted by molar-refractivity contribution is -0.150. The highest BCUT2D eigenvalue weighted by atomic mass is 35.5. The summed E-state index contributed by atoms with van der Waals surface area (Å²) in [6.45, 7) is 3.60. The smallest absolute Gasteiger partial charge is 0.309 e. The van der Waals surface area contributed by atoms with E-state index in [0.29, 0.717) is 43.1 Å². The Morgan fingerprint density at radius 3 is 2.39 bits per heavy atom. The summed E-state index contributed by atoms with van der Waals surface area (Å²) in [7, 11) is 0. The third-order valence-electron chi connectivity index (χ3n) is 4.89. The first kappa shape index (κ1) is 20.2. The van der Waals surface area contributed by atoms with Crippen molar-refractivity contribution < 1.29 is 19.1 Å². The number of carbonyl (C=O) groups excluding carboxylic acids is 2. The predicted molar refractivity (Wildman–Crippen MR) is 108 cm³/mol. The maximum atomic E-state index is 12.5. The van der Waals surface area contributed by atoms with Crippen molar-refractivity contribution in [1.29, 1.82) is 0 Å². The molecule has 2 aromatic carbocycles. The molecule has 0 spiro atoms. The van der Waals surface area contributed by atoms with Crippen LogP contribution in [0.4, 0.5) is 0 Å². The number of nitrogens with zero attached hydrogens (tertiary/aromatic N) is 1. The van der Waals surface area contributed by atoms with Crippen LogP contribution in [0, 0.1) is 12.8 Å². The second-order valence-electron chi connectivity index (χ2n) is 6.85. The molecular weight excluding hydrogens is 378 g/mol. The van der Waals surface area contributed by atoms with Gasteiger partial charge >= 0.3 is 5.97 Å². The van der Waals surface area contributed by atoms with E-state index in [9.17, 15) is 9.59 Å². The van der Waals surface area contributed by atoms with Gasteiger partial charge in [-0.25, -0.2) is 0 Å². The lowest BCUT2D eigenvalue weighted by atomic mass is 9.96. The zero-order valence-electron chi connectivity index (χ0n) is 15.9. The molecule has 0 bridgehead atoms. The van der Waals surface area contributed by atoms with Gasteiger partial charge in [0.15, 0.2) is 0 Å². The van der Waals surface area contributed by atoms with Gasteiger partial charge in [-0.05, 0) is 55.7 Å². The molecule has 5 nitrogen and oxygen atoms in total. The van der Waals surface area contributed by atoms with Gasteiger partial charge in [0.05, 0.1) is 5.92 Å². The fraction of sp³-hybridized carbons (Fsp3) is 0.364. The summed E-state index contributed by atoms with van der Waals surface area (Å²) in [6, 6.07) is 14.6. The molecule has 1 heterocycles. The maximum absolute atomic E-state index is 12.5. The molecule has 1 fully saturated rings. The van der Waals surface area contributed by atoms with Crippen molar-refractivity contribution in [3.8, 4) is 5.75 Å². The van der Waals surface area contributed by atoms with Gasteiger partial charge in [0.2, 0.25) is 0 Å². The first-order valence-electron chi connectivity index (χ1n) is 9.44. The van der Waals surface area contributed by atoms with Gasteiger partial charge in [-0.3, -0.25) is 9.59 Å². The van der Waals surface area contributed by atoms with Gasteiger partial charge in [0, 0.05) is 23.7 Å². The molecule has 0 aliphatic carbocycles. The topological polar surface area (TPSA) is 55.8 Å². The van der Waals surface area contributed by atoms with Crippen molar-refractivity contribution in [2.75, 3.05) is 26.3 Å². The normalized spacial score (nSPS) is 14.6. The summed E-state index contributed by atoms with van der Waals surface area (Å²) in [4.78, 5) is 26.5. The second kappa shape index (κ2) is 9.60. The average molecular weight is 402 g/mol. The number of halogens is 1. The number of esters is 1. The second-order valence-corrected chi connectivity index (χ2v) is 7.29. The molecule has 2 aromatic rings. The first-order chi connectivity index (χ1) is 13.5. The van der Waals surface area contributed by atoms with Gasteiger partial charge in [-0.15, -0.1) is 0 Å². The summed E-state index contributed by atoms with van der Waals surface area (Å²) in [5.41, 5.74) is 1.66. The Kier molecular flexibility index (Phi) is 6.93. The highest BCUT2D eigenvalue weighted by Gasteiger charge is 2.28. The number of carbonyl (C=O) groups is 2. The molecule has 0 radical (unpaired) electrons. The minimum atomic E-state index is -0.216. The number of likely N-dealkylation sites (tertiary alicyclic amines) is 1. The Hall–Kier alpha value is -2.53. The number of rotatable bonds is 6. The number of benzene rings is 2. The van der Waals surface area contributed by atoms with Crippen LogP contribution in [-0.4, -0.2) is 43.1 Å². The largest absolute Gasteiger partial charge is 0.490 e. The van der Waals surface area contributed by atoms with E-state index in [1.165, 1.54) is 0 Å². The van der Waals surface area contributed by atoms with E-state index in [1.807, 2.05) is 31.2 Å². The van der Waals surface area contributed by atoms with Gasteiger partial charge in [0.25, 0.3) is 5.91 Å². The third-order valence-corrected chi connectivity index (χ3v) is 5.14. The molecule has 6 heteroatoms. The number of para-hydroxylation sites is 1. The van der Waals surface area contributed by atoms with E-state index in [2.05, 4.69) is 0 Å². The highest BCUT2D eigenvalue weighted by molar-refractivity contribution is 6.30. The number of hydrogen-bond acceptors (Lipinski definition) is 4. The highest BCUT2D eigenvalue weighted by Crippen LogP contribution is 2.21. The van der Waals surface area contributed by atoms with Gasteiger partial charge in [-0.1, -0.05) is 29.8 Å². The van der Waals surface area contributed by atoms with E-state index in [4.69, 9.17) is 21.1 Å². The maximum Gasteiger partial charge on any atom is 0.309 e. The molecule has 1 aliphatic heterocycles. The van der Waals surface area contributed by atoms with Crippen LogP contribution < -0.4 is 4.74 Å². The standard InChI is InChI=1S/C22H24ClNO4/c1-16-4-2-3-5-20(16)27-14-15-28-22(26)18-10-12-24(13-11-18)21(25)17-6-8-19(23)9-7-17/h2-9,18H,10-15H2,1H3. The molecule has 0 atom stereocenters. The predicted octanol–water partition coefficient (Wildman–Crippen LogP) is 4.12. The Bertz CT molecular complexity index is 814. The Labute approximate surface area is 170 Å². The van der Waals surface area contributed by atoms with E-state index < -0.39 is 0 Å². The molecular formula is C22H24ClNO4. The van der Waals surface area contributed by atoms with E-state index >= 15 is 0 Å². The quantitative estimate of drug-likeness (QED) is 0.539. The fourth-order valence-corrected chi connectivity index (χ4v) is 3.35. The van der Waals surface area contributed by atoms with Crippen LogP contribution in [0.3, 0.4) is 0 Å². The Morgan fingerprint density at radius 1 is 1.04 bits per heavy atom. The number of piperidine rings is 1. The summed E-state index contributed by atoms with van der Waals surface area (Å²) in [5.74, 6) is 0.377. The molecule has 1 aliphatic rings. The monoisotopic (exact) mass is 401 g/mol. The van der Waals surface area contributed by atoms with Crippen molar-refractivity contribution in [3.05, 3.63) is 64.7 Å². The first-order valence-corrected chi connectivity index (χ1v) is 9.82. The molecule has 3 rings (SSSR count). The van der Waals surface area contributed by atoms with Crippen LogP contribution in [0.25, 0.3) is 0 Å². The molecule has 1 amide bonds. The van der Waals surface area contributed by atoms with Crippen LogP contribution in [0.5, 0.6) is 5.75 Å². The van der Waals surface area contributed by atoms with Crippen LogP contribution in [0.1, 0.15) is 28.8 Å². The minimum Gasteiger partial charge on any atom is -0.490 e. The van der Waals surface area contributed by atoms with Crippen molar-refractivity contribution in [1.82, 2.24) is 4.90 Å². The summed E-state index contributed by atoms with van der Waals surface area (Å²) in [5, 5.41) is 0.601. The average Bonchev–Trinajstić information content (AvgIpc) is 2.72. The van der Waals surface area contributed by atoms with Crippen molar-refractivity contribution in [2.24, 2.45) is 5.92 Å². The molecule has 0 unspecified atom stereocenters. The molecule has 0 saturated carbocycles. The van der Waals surface area contributed by atoms with Gasteiger partial charge in [-0.2, -0.15) is 0 Å².